The molecular weight excluding hydrogens is 300 g/mol. The van der Waals surface area contributed by atoms with E-state index in [0.717, 1.165) is 0 Å². The first-order valence-corrected chi connectivity index (χ1v) is 6.51. The highest BCUT2D eigenvalue weighted by Crippen LogP contribution is 2.18. The van der Waals surface area contributed by atoms with Crippen LogP contribution in [0.15, 0.2) is 48.5 Å². The van der Waals surface area contributed by atoms with E-state index in [9.17, 15) is 14.9 Å². The van der Waals surface area contributed by atoms with Crippen LogP contribution in [0.5, 0.6) is 5.75 Å². The Bertz CT molecular complexity index is 753. The van der Waals surface area contributed by atoms with Gasteiger partial charge in [0.1, 0.15) is 11.8 Å². The number of anilines is 2. The molecule has 2 aromatic carbocycles. The minimum atomic E-state index is -0.539. The number of hydrogen-bond donors (Lipinski definition) is 2. The highest BCUT2D eigenvalue weighted by atomic mass is 16.6. The van der Waals surface area contributed by atoms with Crippen molar-refractivity contribution >= 4 is 23.1 Å². The van der Waals surface area contributed by atoms with Crippen LogP contribution < -0.4 is 15.4 Å². The van der Waals surface area contributed by atoms with E-state index in [4.69, 9.17) is 10.00 Å². The number of urea groups is 1. The van der Waals surface area contributed by atoms with Crippen molar-refractivity contribution in [3.05, 3.63) is 58.6 Å². The van der Waals surface area contributed by atoms with E-state index >= 15 is 0 Å². The quantitative estimate of drug-likeness (QED) is 0.649. The molecule has 0 heterocycles. The van der Waals surface area contributed by atoms with Gasteiger partial charge >= 0.3 is 6.03 Å². The Morgan fingerprint density at radius 2 is 1.87 bits per heavy atom. The van der Waals surface area contributed by atoms with Gasteiger partial charge < -0.3 is 15.4 Å². The van der Waals surface area contributed by atoms with Gasteiger partial charge in [0.25, 0.3) is 5.69 Å². The highest BCUT2D eigenvalue weighted by Gasteiger charge is 2.08. The van der Waals surface area contributed by atoms with Crippen LogP contribution in [-0.2, 0) is 0 Å². The van der Waals surface area contributed by atoms with Crippen LogP contribution >= 0.6 is 0 Å². The van der Waals surface area contributed by atoms with Crippen molar-refractivity contribution in [1.82, 2.24) is 0 Å². The van der Waals surface area contributed by atoms with Crippen molar-refractivity contribution in [2.24, 2.45) is 0 Å². The van der Waals surface area contributed by atoms with Gasteiger partial charge in [-0.05, 0) is 30.3 Å². The summed E-state index contributed by atoms with van der Waals surface area (Å²) in [6.45, 7) is -0.0555. The summed E-state index contributed by atoms with van der Waals surface area (Å²) < 4.78 is 5.09. The zero-order valence-electron chi connectivity index (χ0n) is 11.9. The second-order valence-corrected chi connectivity index (χ2v) is 4.36. The fraction of sp³-hybridized carbons (Fsp3) is 0.0667. The smallest absolute Gasteiger partial charge is 0.323 e. The Hall–Kier alpha value is -3.60. The number of nitro groups is 1. The van der Waals surface area contributed by atoms with E-state index < -0.39 is 11.0 Å². The molecule has 2 N–H and O–H groups in total. The fourth-order valence-electron chi connectivity index (χ4n) is 1.74. The van der Waals surface area contributed by atoms with Crippen molar-refractivity contribution in [3.8, 4) is 11.8 Å². The molecule has 8 heteroatoms. The molecule has 0 atom stereocenters. The molecule has 23 heavy (non-hydrogen) atoms. The van der Waals surface area contributed by atoms with Crippen molar-refractivity contribution < 1.29 is 14.5 Å². The van der Waals surface area contributed by atoms with Crippen LogP contribution in [0.1, 0.15) is 0 Å². The van der Waals surface area contributed by atoms with Gasteiger partial charge in [-0.2, -0.15) is 5.26 Å². The molecule has 0 spiro atoms. The standard InChI is InChI=1S/C15H12N4O4/c16-8-9-23-14-6-4-11(5-7-14)17-15(20)18-12-2-1-3-13(10-12)19(21)22/h1-7,10H,9H2,(H2,17,18,20). The van der Waals surface area contributed by atoms with Gasteiger partial charge in [-0.15, -0.1) is 0 Å². The largest absolute Gasteiger partial charge is 0.479 e. The summed E-state index contributed by atoms with van der Waals surface area (Å²) in [6, 6.07) is 13.4. The van der Waals surface area contributed by atoms with Crippen molar-refractivity contribution in [3.63, 3.8) is 0 Å². The van der Waals surface area contributed by atoms with Crippen LogP contribution in [0.25, 0.3) is 0 Å². The van der Waals surface area contributed by atoms with Crippen LogP contribution in [-0.4, -0.2) is 17.6 Å². The summed E-state index contributed by atoms with van der Waals surface area (Å²) >= 11 is 0. The maximum absolute atomic E-state index is 11.9. The first kappa shape index (κ1) is 15.8. The second-order valence-electron chi connectivity index (χ2n) is 4.36. The van der Waals surface area contributed by atoms with Gasteiger partial charge in [0, 0.05) is 23.5 Å². The zero-order valence-corrected chi connectivity index (χ0v) is 11.9. The molecule has 0 aliphatic heterocycles. The lowest BCUT2D eigenvalue weighted by Crippen LogP contribution is -2.19. The average Bonchev–Trinajstić information content (AvgIpc) is 2.54. The summed E-state index contributed by atoms with van der Waals surface area (Å²) in [5, 5.41) is 24.2. The van der Waals surface area contributed by atoms with E-state index in [1.807, 2.05) is 6.07 Å². The molecule has 2 aromatic rings. The number of carbonyl (C=O) groups is 1. The number of nitriles is 1. The molecular formula is C15H12N4O4. The summed E-state index contributed by atoms with van der Waals surface area (Å²) in [5.74, 6) is 0.510. The van der Waals surface area contributed by atoms with Gasteiger partial charge in [0.2, 0.25) is 0 Å². The normalized spacial score (nSPS) is 9.52. The maximum Gasteiger partial charge on any atom is 0.323 e. The maximum atomic E-state index is 11.9. The summed E-state index contributed by atoms with van der Waals surface area (Å²) in [5.41, 5.74) is 0.713. The van der Waals surface area contributed by atoms with E-state index in [-0.39, 0.29) is 12.3 Å². The number of non-ortho nitro benzene ring substituents is 1. The number of ether oxygens (including phenoxy) is 1. The van der Waals surface area contributed by atoms with Crippen molar-refractivity contribution in [1.29, 1.82) is 5.26 Å². The molecule has 0 fully saturated rings. The lowest BCUT2D eigenvalue weighted by molar-refractivity contribution is -0.384. The van der Waals surface area contributed by atoms with Gasteiger partial charge in [-0.25, -0.2) is 4.79 Å². The van der Waals surface area contributed by atoms with E-state index in [1.165, 1.54) is 18.2 Å². The van der Waals surface area contributed by atoms with Crippen LogP contribution in [0.3, 0.4) is 0 Å². The zero-order chi connectivity index (χ0) is 16.7. The minimum Gasteiger partial charge on any atom is -0.479 e. The third kappa shape index (κ3) is 4.71. The van der Waals surface area contributed by atoms with E-state index in [0.29, 0.717) is 17.1 Å². The third-order valence-electron chi connectivity index (χ3n) is 2.73. The molecule has 0 bridgehead atoms. The first-order chi connectivity index (χ1) is 11.1. The van der Waals surface area contributed by atoms with Crippen LogP contribution in [0.2, 0.25) is 0 Å². The van der Waals surface area contributed by atoms with Gasteiger partial charge in [-0.3, -0.25) is 10.1 Å². The van der Waals surface area contributed by atoms with Crippen LogP contribution in [0, 0.1) is 21.4 Å². The molecule has 0 saturated heterocycles. The topological polar surface area (TPSA) is 117 Å². The molecule has 2 rings (SSSR count). The number of benzene rings is 2. The Balaban J connectivity index is 1.95. The van der Waals surface area contributed by atoms with Crippen LogP contribution in [0.4, 0.5) is 21.9 Å². The average molecular weight is 312 g/mol. The highest BCUT2D eigenvalue weighted by molar-refractivity contribution is 5.99. The minimum absolute atomic E-state index is 0.0555. The number of hydrogen-bond acceptors (Lipinski definition) is 5. The molecule has 116 valence electrons. The number of nitrogens with zero attached hydrogens (tertiary/aromatic N) is 2. The van der Waals surface area contributed by atoms with Crippen molar-refractivity contribution in [2.45, 2.75) is 0 Å². The monoisotopic (exact) mass is 312 g/mol. The SMILES string of the molecule is N#CCOc1ccc(NC(=O)Nc2cccc([N+](=O)[O-])c2)cc1. The predicted molar refractivity (Wildman–Crippen MR) is 83.3 cm³/mol. The summed E-state index contributed by atoms with van der Waals surface area (Å²) in [6.07, 6.45) is 0. The van der Waals surface area contributed by atoms with Gasteiger partial charge in [0.15, 0.2) is 6.61 Å². The number of nitrogens with one attached hydrogen (secondary N) is 2. The lowest BCUT2D eigenvalue weighted by atomic mass is 10.3. The van der Waals surface area contributed by atoms with Crippen molar-refractivity contribution in [2.75, 3.05) is 17.2 Å². The molecule has 2 amide bonds. The number of carbonyl (C=O) groups excluding carboxylic acids is 1. The lowest BCUT2D eigenvalue weighted by Gasteiger charge is -2.08. The Labute approximate surface area is 131 Å². The summed E-state index contributed by atoms with van der Waals surface area (Å²) in [7, 11) is 0. The molecule has 0 aromatic heterocycles. The van der Waals surface area contributed by atoms with Gasteiger partial charge in [-0.1, -0.05) is 6.07 Å². The van der Waals surface area contributed by atoms with Gasteiger partial charge in [0.05, 0.1) is 4.92 Å². The summed E-state index contributed by atoms with van der Waals surface area (Å²) in [4.78, 5) is 22.0. The molecule has 0 aliphatic rings. The molecule has 8 nitrogen and oxygen atoms in total. The first-order valence-electron chi connectivity index (χ1n) is 6.51. The van der Waals surface area contributed by atoms with E-state index in [1.54, 1.807) is 30.3 Å². The van der Waals surface area contributed by atoms with E-state index in [2.05, 4.69) is 10.6 Å². The Kier molecular flexibility index (Phi) is 5.09. The Morgan fingerprint density at radius 3 is 2.52 bits per heavy atom. The fourth-order valence-corrected chi connectivity index (χ4v) is 1.74. The molecule has 0 unspecified atom stereocenters. The number of amides is 2. The molecule has 0 aliphatic carbocycles. The third-order valence-corrected chi connectivity index (χ3v) is 2.73. The molecule has 0 radical (unpaired) electrons. The Morgan fingerprint density at radius 1 is 1.17 bits per heavy atom. The molecule has 0 saturated carbocycles. The predicted octanol–water partition coefficient (Wildman–Crippen LogP) is 3.14. The number of rotatable bonds is 5. The second kappa shape index (κ2) is 7.42. The number of nitro benzene ring substituents is 1.